The van der Waals surface area contributed by atoms with E-state index in [4.69, 9.17) is 0 Å². The molecule has 0 bridgehead atoms. The number of benzene rings is 1. The van der Waals surface area contributed by atoms with E-state index < -0.39 is 0 Å². The highest BCUT2D eigenvalue weighted by molar-refractivity contribution is 7.98. The first kappa shape index (κ1) is 11.9. The van der Waals surface area contributed by atoms with Crippen molar-refractivity contribution in [2.24, 2.45) is 5.10 Å². The summed E-state index contributed by atoms with van der Waals surface area (Å²) in [4.78, 5) is 0. The van der Waals surface area contributed by atoms with Crippen LogP contribution in [0.25, 0.3) is 0 Å². The summed E-state index contributed by atoms with van der Waals surface area (Å²) in [6.07, 6.45) is 3.80. The van der Waals surface area contributed by atoms with E-state index in [1.165, 1.54) is 17.3 Å². The predicted molar refractivity (Wildman–Crippen MR) is 70.7 cm³/mol. The number of rotatable bonds is 3. The van der Waals surface area contributed by atoms with Gasteiger partial charge in [0.05, 0.1) is 6.21 Å². The molecule has 0 atom stereocenters. The van der Waals surface area contributed by atoms with E-state index in [1.807, 2.05) is 37.6 Å². The van der Waals surface area contributed by atoms with Crippen LogP contribution in [0.5, 0.6) is 0 Å². The lowest BCUT2D eigenvalue weighted by atomic mass is 10.1. The second kappa shape index (κ2) is 5.14. The van der Waals surface area contributed by atoms with Gasteiger partial charge in [-0.05, 0) is 31.2 Å². The molecule has 17 heavy (non-hydrogen) atoms. The molecule has 0 radical (unpaired) electrons. The van der Waals surface area contributed by atoms with E-state index in [2.05, 4.69) is 28.3 Å². The zero-order valence-electron chi connectivity index (χ0n) is 10.1. The highest BCUT2D eigenvalue weighted by Gasteiger charge is 2.05. The van der Waals surface area contributed by atoms with Crippen LogP contribution in [0.3, 0.4) is 0 Å². The first-order chi connectivity index (χ1) is 8.22. The molecular formula is C12H14N4S. The Morgan fingerprint density at radius 3 is 2.71 bits per heavy atom. The molecule has 0 spiro atoms. The molecule has 2 aromatic rings. The van der Waals surface area contributed by atoms with Gasteiger partial charge >= 0.3 is 0 Å². The Labute approximate surface area is 105 Å². The summed E-state index contributed by atoms with van der Waals surface area (Å²) in [6, 6.07) is 8.13. The maximum absolute atomic E-state index is 4.41. The standard InChI is InChI=1S/C12H14N4S/c1-9-6-4-5-7-11(9)8-13-16-10(2)14-15-12(16)17-3/h4-8H,1-3H3/b13-8-. The fourth-order valence-corrected chi connectivity index (χ4v) is 1.92. The van der Waals surface area contributed by atoms with Crippen LogP contribution in [-0.4, -0.2) is 27.3 Å². The Hall–Kier alpha value is -1.62. The summed E-state index contributed by atoms with van der Waals surface area (Å²) < 4.78 is 1.75. The van der Waals surface area contributed by atoms with Gasteiger partial charge in [0.25, 0.3) is 0 Å². The van der Waals surface area contributed by atoms with Crippen LogP contribution in [0.2, 0.25) is 0 Å². The SMILES string of the molecule is CSc1nnc(C)n1/N=C\c1ccccc1C. The number of hydrogen-bond acceptors (Lipinski definition) is 4. The Balaban J connectivity index is 2.32. The van der Waals surface area contributed by atoms with E-state index >= 15 is 0 Å². The predicted octanol–water partition coefficient (Wildman–Crippen LogP) is 2.50. The van der Waals surface area contributed by atoms with E-state index in [1.54, 1.807) is 4.68 Å². The molecule has 1 heterocycles. The maximum Gasteiger partial charge on any atom is 0.211 e. The molecule has 0 aliphatic heterocycles. The third-order valence-electron chi connectivity index (χ3n) is 2.45. The lowest BCUT2D eigenvalue weighted by Crippen LogP contribution is -1.96. The molecule has 2 rings (SSSR count). The van der Waals surface area contributed by atoms with Crippen LogP contribution in [0, 0.1) is 13.8 Å². The van der Waals surface area contributed by atoms with Gasteiger partial charge in [0.15, 0.2) is 5.82 Å². The summed E-state index contributed by atoms with van der Waals surface area (Å²) in [6.45, 7) is 3.96. The lowest BCUT2D eigenvalue weighted by Gasteiger charge is -2.00. The van der Waals surface area contributed by atoms with Crippen LogP contribution < -0.4 is 0 Å². The smallest absolute Gasteiger partial charge is 0.192 e. The fraction of sp³-hybridized carbons (Fsp3) is 0.250. The summed E-state index contributed by atoms with van der Waals surface area (Å²) in [5.41, 5.74) is 2.31. The molecule has 88 valence electrons. The Kier molecular flexibility index (Phi) is 3.58. The molecule has 4 nitrogen and oxygen atoms in total. The molecule has 0 saturated heterocycles. The van der Waals surface area contributed by atoms with Crippen LogP contribution in [0.15, 0.2) is 34.5 Å². The van der Waals surface area contributed by atoms with Crippen molar-refractivity contribution in [2.75, 3.05) is 6.26 Å². The average Bonchev–Trinajstić information content (AvgIpc) is 2.69. The van der Waals surface area contributed by atoms with Crippen LogP contribution >= 0.6 is 11.8 Å². The van der Waals surface area contributed by atoms with E-state index in [9.17, 15) is 0 Å². The molecule has 0 fully saturated rings. The van der Waals surface area contributed by atoms with Gasteiger partial charge in [0, 0.05) is 0 Å². The molecular weight excluding hydrogens is 232 g/mol. The topological polar surface area (TPSA) is 43.1 Å². The van der Waals surface area contributed by atoms with Gasteiger partial charge in [-0.15, -0.1) is 10.2 Å². The zero-order chi connectivity index (χ0) is 12.3. The minimum absolute atomic E-state index is 0.791. The fourth-order valence-electron chi connectivity index (χ4n) is 1.45. The minimum atomic E-state index is 0.791. The number of aromatic nitrogens is 3. The summed E-state index contributed by atoms with van der Waals surface area (Å²) in [5.74, 6) is 0.791. The summed E-state index contributed by atoms with van der Waals surface area (Å²) >= 11 is 1.53. The van der Waals surface area contributed by atoms with Gasteiger partial charge in [0.2, 0.25) is 5.16 Å². The van der Waals surface area contributed by atoms with Gasteiger partial charge in [0.1, 0.15) is 0 Å². The number of aryl methyl sites for hydroxylation is 2. The molecule has 1 aromatic heterocycles. The first-order valence-electron chi connectivity index (χ1n) is 5.28. The first-order valence-corrected chi connectivity index (χ1v) is 6.51. The molecule has 0 N–H and O–H groups in total. The largest absolute Gasteiger partial charge is 0.211 e. The van der Waals surface area contributed by atoms with Crippen molar-refractivity contribution in [3.63, 3.8) is 0 Å². The van der Waals surface area contributed by atoms with E-state index in [-0.39, 0.29) is 0 Å². The Morgan fingerprint density at radius 1 is 1.24 bits per heavy atom. The van der Waals surface area contributed by atoms with Crippen molar-refractivity contribution in [1.29, 1.82) is 0 Å². The van der Waals surface area contributed by atoms with Crippen LogP contribution in [-0.2, 0) is 0 Å². The third kappa shape index (κ3) is 2.55. The molecule has 0 aliphatic carbocycles. The van der Waals surface area contributed by atoms with Crippen molar-refractivity contribution < 1.29 is 0 Å². The third-order valence-corrected chi connectivity index (χ3v) is 3.07. The molecule has 5 heteroatoms. The molecule has 0 unspecified atom stereocenters. The van der Waals surface area contributed by atoms with Crippen molar-refractivity contribution >= 4 is 18.0 Å². The molecule has 1 aromatic carbocycles. The molecule has 0 amide bonds. The van der Waals surface area contributed by atoms with Gasteiger partial charge in [-0.25, -0.2) is 0 Å². The highest BCUT2D eigenvalue weighted by Crippen LogP contribution is 2.13. The van der Waals surface area contributed by atoms with Gasteiger partial charge in [-0.2, -0.15) is 9.78 Å². The Morgan fingerprint density at radius 2 is 2.00 bits per heavy atom. The maximum atomic E-state index is 4.41. The quantitative estimate of drug-likeness (QED) is 0.617. The van der Waals surface area contributed by atoms with Gasteiger partial charge < -0.3 is 0 Å². The lowest BCUT2D eigenvalue weighted by molar-refractivity contribution is 0.745. The van der Waals surface area contributed by atoms with Gasteiger partial charge in [-0.3, -0.25) is 0 Å². The van der Waals surface area contributed by atoms with E-state index in [0.29, 0.717) is 0 Å². The second-order valence-electron chi connectivity index (χ2n) is 3.65. The summed E-state index contributed by atoms with van der Waals surface area (Å²) in [5, 5.41) is 13.2. The second-order valence-corrected chi connectivity index (χ2v) is 4.42. The van der Waals surface area contributed by atoms with Crippen molar-refractivity contribution in [1.82, 2.24) is 14.9 Å². The number of hydrogen-bond donors (Lipinski definition) is 0. The minimum Gasteiger partial charge on any atom is -0.192 e. The number of thioether (sulfide) groups is 1. The van der Waals surface area contributed by atoms with Crippen molar-refractivity contribution in [3.8, 4) is 0 Å². The van der Waals surface area contributed by atoms with Crippen LogP contribution in [0.1, 0.15) is 17.0 Å². The molecule has 0 aliphatic rings. The van der Waals surface area contributed by atoms with E-state index in [0.717, 1.165) is 16.5 Å². The summed E-state index contributed by atoms with van der Waals surface area (Å²) in [7, 11) is 0. The molecule has 0 saturated carbocycles. The van der Waals surface area contributed by atoms with Crippen LogP contribution in [0.4, 0.5) is 0 Å². The monoisotopic (exact) mass is 246 g/mol. The van der Waals surface area contributed by atoms with Crippen molar-refractivity contribution in [3.05, 3.63) is 41.2 Å². The van der Waals surface area contributed by atoms with Gasteiger partial charge in [-0.1, -0.05) is 36.0 Å². The Bertz CT molecular complexity index is 545. The normalized spacial score (nSPS) is 11.2. The zero-order valence-corrected chi connectivity index (χ0v) is 10.9. The average molecular weight is 246 g/mol. The highest BCUT2D eigenvalue weighted by atomic mass is 32.2. The van der Waals surface area contributed by atoms with Crippen molar-refractivity contribution in [2.45, 2.75) is 19.0 Å². The number of nitrogens with zero attached hydrogens (tertiary/aromatic N) is 4.